The van der Waals surface area contributed by atoms with Gasteiger partial charge in [0, 0.05) is 20.7 Å². The molecule has 0 radical (unpaired) electrons. The van der Waals surface area contributed by atoms with Crippen LogP contribution < -0.4 is 10.1 Å². The summed E-state index contributed by atoms with van der Waals surface area (Å²) in [5.74, 6) is 0.593. The quantitative estimate of drug-likeness (QED) is 0.642. The number of hydrogen-bond donors (Lipinski definition) is 1. The average molecular weight is 418 g/mol. The second-order valence-electron chi connectivity index (χ2n) is 5.14. The lowest BCUT2D eigenvalue weighted by molar-refractivity contribution is 0.102. The minimum atomic E-state index is -0.158. The van der Waals surface area contributed by atoms with Crippen molar-refractivity contribution in [3.8, 4) is 5.75 Å². The van der Waals surface area contributed by atoms with Crippen molar-refractivity contribution < 1.29 is 9.53 Å². The van der Waals surface area contributed by atoms with Gasteiger partial charge >= 0.3 is 0 Å². The lowest BCUT2D eigenvalue weighted by atomic mass is 10.1. The van der Waals surface area contributed by atoms with Gasteiger partial charge in [0.1, 0.15) is 5.75 Å². The summed E-state index contributed by atoms with van der Waals surface area (Å²) in [5.41, 5.74) is 2.85. The number of nitrogens with one attached hydrogen (secondary N) is 1. The molecule has 23 heavy (non-hydrogen) atoms. The Morgan fingerprint density at radius 1 is 1.17 bits per heavy atom. The van der Waals surface area contributed by atoms with Gasteiger partial charge in [-0.05, 0) is 65.9 Å². The number of ether oxygens (including phenoxy) is 1. The number of pyridine rings is 1. The van der Waals surface area contributed by atoms with Crippen LogP contribution in [0.15, 0.2) is 48.5 Å². The highest BCUT2D eigenvalue weighted by Crippen LogP contribution is 2.22. The van der Waals surface area contributed by atoms with Crippen molar-refractivity contribution in [3.63, 3.8) is 0 Å². The van der Waals surface area contributed by atoms with E-state index in [-0.39, 0.29) is 5.91 Å². The molecule has 0 saturated carbocycles. The number of anilines is 1. The van der Waals surface area contributed by atoms with E-state index in [0.717, 1.165) is 25.9 Å². The van der Waals surface area contributed by atoms with Crippen LogP contribution >= 0.6 is 22.6 Å². The third-order valence-electron chi connectivity index (χ3n) is 3.54. The van der Waals surface area contributed by atoms with E-state index in [1.165, 1.54) is 0 Å². The molecule has 1 amide bonds. The summed E-state index contributed by atoms with van der Waals surface area (Å²) in [4.78, 5) is 17.1. The molecule has 4 nitrogen and oxygen atoms in total. The van der Waals surface area contributed by atoms with E-state index >= 15 is 0 Å². The molecular weight excluding hydrogens is 403 g/mol. The molecule has 0 bridgehead atoms. The van der Waals surface area contributed by atoms with Gasteiger partial charge in [-0.1, -0.05) is 6.07 Å². The maximum atomic E-state index is 12.5. The Hall–Kier alpha value is -2.15. The molecule has 0 aliphatic carbocycles. The van der Waals surface area contributed by atoms with E-state index in [9.17, 15) is 4.79 Å². The lowest BCUT2D eigenvalue weighted by Crippen LogP contribution is -2.14. The third-order valence-corrected chi connectivity index (χ3v) is 4.21. The molecule has 0 unspecified atom stereocenters. The van der Waals surface area contributed by atoms with Crippen molar-refractivity contribution in [2.45, 2.75) is 6.92 Å². The molecule has 116 valence electrons. The van der Waals surface area contributed by atoms with Crippen LogP contribution in [0.1, 0.15) is 16.1 Å². The molecule has 0 aliphatic rings. The van der Waals surface area contributed by atoms with Gasteiger partial charge in [-0.25, -0.2) is 0 Å². The largest absolute Gasteiger partial charge is 0.497 e. The third kappa shape index (κ3) is 3.44. The molecule has 0 aliphatic heterocycles. The van der Waals surface area contributed by atoms with Crippen LogP contribution in [0.5, 0.6) is 5.75 Å². The summed E-state index contributed by atoms with van der Waals surface area (Å²) in [6.45, 7) is 1.84. The number of aryl methyl sites for hydroxylation is 1. The van der Waals surface area contributed by atoms with Crippen LogP contribution in [-0.2, 0) is 0 Å². The van der Waals surface area contributed by atoms with Crippen LogP contribution in [-0.4, -0.2) is 18.0 Å². The fourth-order valence-electron chi connectivity index (χ4n) is 2.36. The smallest absolute Gasteiger partial charge is 0.257 e. The standard InChI is InChI=1S/C18H15IN2O2/c1-11-16(18(22)21-14-5-3-4-13(19)9-14)8-12-6-7-15(23-2)10-17(12)20-11/h3-10H,1-2H3,(H,21,22). The van der Waals surface area contributed by atoms with Crippen LogP contribution in [0, 0.1) is 10.5 Å². The van der Waals surface area contributed by atoms with Crippen LogP contribution in [0.2, 0.25) is 0 Å². The summed E-state index contributed by atoms with van der Waals surface area (Å²) in [6.07, 6.45) is 0. The normalized spacial score (nSPS) is 10.6. The van der Waals surface area contributed by atoms with Crippen molar-refractivity contribution in [2.75, 3.05) is 12.4 Å². The van der Waals surface area contributed by atoms with Gasteiger partial charge in [-0.15, -0.1) is 0 Å². The number of rotatable bonds is 3. The summed E-state index contributed by atoms with van der Waals surface area (Å²) >= 11 is 2.22. The van der Waals surface area contributed by atoms with Crippen LogP contribution in [0.3, 0.4) is 0 Å². The Morgan fingerprint density at radius 2 is 2.00 bits per heavy atom. The van der Waals surface area contributed by atoms with Crippen molar-refractivity contribution >= 4 is 45.1 Å². The van der Waals surface area contributed by atoms with E-state index < -0.39 is 0 Å². The number of carbonyl (C=O) groups is 1. The average Bonchev–Trinajstić information content (AvgIpc) is 2.53. The SMILES string of the molecule is COc1ccc2cc(C(=O)Nc3cccc(I)c3)c(C)nc2c1. The second kappa shape index (κ2) is 6.54. The summed E-state index contributed by atoms with van der Waals surface area (Å²) in [5, 5.41) is 3.83. The zero-order valence-corrected chi connectivity index (χ0v) is 14.9. The first-order valence-corrected chi connectivity index (χ1v) is 8.17. The van der Waals surface area contributed by atoms with E-state index in [2.05, 4.69) is 32.9 Å². The molecule has 1 aromatic heterocycles. The number of methoxy groups -OCH3 is 1. The van der Waals surface area contributed by atoms with Gasteiger partial charge in [0.15, 0.2) is 0 Å². The van der Waals surface area contributed by atoms with Gasteiger partial charge in [-0.3, -0.25) is 9.78 Å². The Morgan fingerprint density at radius 3 is 2.74 bits per heavy atom. The van der Waals surface area contributed by atoms with Crippen molar-refractivity contribution in [1.29, 1.82) is 0 Å². The number of halogens is 1. The highest BCUT2D eigenvalue weighted by Gasteiger charge is 2.12. The van der Waals surface area contributed by atoms with Gasteiger partial charge in [0.2, 0.25) is 0 Å². The van der Waals surface area contributed by atoms with E-state index in [0.29, 0.717) is 11.3 Å². The molecule has 1 heterocycles. The summed E-state index contributed by atoms with van der Waals surface area (Å²) in [6, 6.07) is 15.2. The van der Waals surface area contributed by atoms with Gasteiger partial charge in [-0.2, -0.15) is 0 Å². The van der Waals surface area contributed by atoms with E-state index in [1.54, 1.807) is 7.11 Å². The molecule has 1 N–H and O–H groups in total. The molecule has 0 atom stereocenters. The topological polar surface area (TPSA) is 51.2 Å². The molecule has 2 aromatic carbocycles. The number of amides is 1. The first kappa shape index (κ1) is 15.7. The summed E-state index contributed by atoms with van der Waals surface area (Å²) in [7, 11) is 1.62. The van der Waals surface area contributed by atoms with E-state index in [1.807, 2.05) is 55.5 Å². The summed E-state index contributed by atoms with van der Waals surface area (Å²) < 4.78 is 6.28. The van der Waals surface area contributed by atoms with Crippen molar-refractivity contribution in [2.24, 2.45) is 0 Å². The maximum Gasteiger partial charge on any atom is 0.257 e. The Bertz CT molecular complexity index is 893. The number of carbonyl (C=O) groups excluding carboxylic acids is 1. The monoisotopic (exact) mass is 418 g/mol. The second-order valence-corrected chi connectivity index (χ2v) is 6.39. The number of hydrogen-bond acceptors (Lipinski definition) is 3. The van der Waals surface area contributed by atoms with Crippen molar-refractivity contribution in [1.82, 2.24) is 4.98 Å². The zero-order chi connectivity index (χ0) is 16.4. The zero-order valence-electron chi connectivity index (χ0n) is 12.8. The highest BCUT2D eigenvalue weighted by atomic mass is 127. The predicted molar refractivity (Wildman–Crippen MR) is 100 cm³/mol. The first-order chi connectivity index (χ1) is 11.1. The van der Waals surface area contributed by atoms with Crippen molar-refractivity contribution in [3.05, 3.63) is 63.4 Å². The molecule has 5 heteroatoms. The first-order valence-electron chi connectivity index (χ1n) is 7.09. The Kier molecular flexibility index (Phi) is 4.47. The minimum absolute atomic E-state index is 0.158. The molecule has 0 fully saturated rings. The number of aromatic nitrogens is 1. The molecular formula is C18H15IN2O2. The fraction of sp³-hybridized carbons (Fsp3) is 0.111. The molecule has 3 aromatic rings. The fourth-order valence-corrected chi connectivity index (χ4v) is 2.91. The van der Waals surface area contributed by atoms with Gasteiger partial charge < -0.3 is 10.1 Å². The highest BCUT2D eigenvalue weighted by molar-refractivity contribution is 14.1. The van der Waals surface area contributed by atoms with E-state index in [4.69, 9.17) is 4.74 Å². The van der Waals surface area contributed by atoms with Crippen LogP contribution in [0.25, 0.3) is 10.9 Å². The number of benzene rings is 2. The van der Waals surface area contributed by atoms with Crippen LogP contribution in [0.4, 0.5) is 5.69 Å². The Balaban J connectivity index is 1.95. The minimum Gasteiger partial charge on any atom is -0.497 e. The lowest BCUT2D eigenvalue weighted by Gasteiger charge is -2.10. The number of nitrogens with zero attached hydrogens (tertiary/aromatic N) is 1. The maximum absolute atomic E-state index is 12.5. The molecule has 3 rings (SSSR count). The predicted octanol–water partition coefficient (Wildman–Crippen LogP) is 4.41. The molecule has 0 saturated heterocycles. The molecule has 0 spiro atoms. The van der Waals surface area contributed by atoms with Gasteiger partial charge in [0.05, 0.1) is 23.9 Å². The Labute approximate surface area is 148 Å². The number of fused-ring (bicyclic) bond motifs is 1. The van der Waals surface area contributed by atoms with Gasteiger partial charge in [0.25, 0.3) is 5.91 Å².